The van der Waals surface area contributed by atoms with E-state index in [4.69, 9.17) is 10.00 Å². The summed E-state index contributed by atoms with van der Waals surface area (Å²) < 4.78 is 5.79. The van der Waals surface area contributed by atoms with Crippen molar-refractivity contribution in [2.75, 3.05) is 19.7 Å². The Bertz CT molecular complexity index is 417. The molecule has 0 radical (unpaired) electrons. The van der Waals surface area contributed by atoms with Crippen molar-refractivity contribution >= 4 is 0 Å². The minimum absolute atomic E-state index is 0.566. The highest BCUT2D eigenvalue weighted by molar-refractivity contribution is 5.44. The highest BCUT2D eigenvalue weighted by Crippen LogP contribution is 2.21. The van der Waals surface area contributed by atoms with Crippen LogP contribution in [0.2, 0.25) is 0 Å². The number of hydrogen-bond donors (Lipinski definition) is 1. The minimum atomic E-state index is 0.566. The van der Waals surface area contributed by atoms with Gasteiger partial charge in [0.05, 0.1) is 12.2 Å². The molecule has 90 valence electrons. The quantitative estimate of drug-likeness (QED) is 0.866. The van der Waals surface area contributed by atoms with Gasteiger partial charge in [-0.25, -0.2) is 0 Å². The summed E-state index contributed by atoms with van der Waals surface area (Å²) in [6, 6.07) is 7.87. The standard InChI is InChI=1S/C14H18N2O/c1-11-4-5-13(8-15)14(7-11)17-10-12-3-2-6-16-9-12/h4-5,7,12,16H,2-3,6,9-10H2,1H3. The van der Waals surface area contributed by atoms with Crippen LogP contribution in [-0.2, 0) is 0 Å². The molecule has 1 aliphatic rings. The number of ether oxygens (including phenoxy) is 1. The van der Waals surface area contributed by atoms with E-state index in [1.54, 1.807) is 0 Å². The fourth-order valence-electron chi connectivity index (χ4n) is 2.12. The van der Waals surface area contributed by atoms with Gasteiger partial charge in [-0.3, -0.25) is 0 Å². The molecular weight excluding hydrogens is 212 g/mol. The highest BCUT2D eigenvalue weighted by atomic mass is 16.5. The zero-order valence-electron chi connectivity index (χ0n) is 10.2. The maximum atomic E-state index is 9.00. The summed E-state index contributed by atoms with van der Waals surface area (Å²) in [6.07, 6.45) is 2.42. The van der Waals surface area contributed by atoms with Gasteiger partial charge in [-0.2, -0.15) is 5.26 Å². The van der Waals surface area contributed by atoms with Crippen LogP contribution in [0.4, 0.5) is 0 Å². The van der Waals surface area contributed by atoms with Crippen molar-refractivity contribution in [2.24, 2.45) is 5.92 Å². The van der Waals surface area contributed by atoms with Crippen molar-refractivity contribution in [1.82, 2.24) is 5.32 Å². The van der Waals surface area contributed by atoms with Gasteiger partial charge in [-0.15, -0.1) is 0 Å². The molecule has 0 saturated carbocycles. The first-order valence-corrected chi connectivity index (χ1v) is 6.14. The third kappa shape index (κ3) is 3.21. The van der Waals surface area contributed by atoms with Crippen LogP contribution in [0.5, 0.6) is 5.75 Å². The summed E-state index contributed by atoms with van der Waals surface area (Å²) in [4.78, 5) is 0. The molecule has 1 heterocycles. The van der Waals surface area contributed by atoms with Crippen molar-refractivity contribution in [3.8, 4) is 11.8 Å². The molecule has 3 heteroatoms. The number of benzene rings is 1. The fourth-order valence-corrected chi connectivity index (χ4v) is 2.12. The van der Waals surface area contributed by atoms with Gasteiger partial charge in [0.25, 0.3) is 0 Å². The van der Waals surface area contributed by atoms with Gasteiger partial charge in [0.15, 0.2) is 0 Å². The van der Waals surface area contributed by atoms with Gasteiger partial charge in [0.2, 0.25) is 0 Å². The van der Waals surface area contributed by atoms with Gasteiger partial charge in [0, 0.05) is 12.5 Å². The molecule has 0 amide bonds. The highest BCUT2D eigenvalue weighted by Gasteiger charge is 2.14. The summed E-state index contributed by atoms with van der Waals surface area (Å²) in [5.74, 6) is 1.29. The molecule has 0 bridgehead atoms. The Morgan fingerprint density at radius 1 is 1.53 bits per heavy atom. The topological polar surface area (TPSA) is 45.0 Å². The normalized spacial score (nSPS) is 19.6. The van der Waals surface area contributed by atoms with E-state index in [0.717, 1.165) is 24.4 Å². The molecule has 1 aliphatic heterocycles. The molecule has 1 aromatic rings. The molecule has 1 atom stereocenters. The van der Waals surface area contributed by atoms with Crippen LogP contribution in [0.25, 0.3) is 0 Å². The van der Waals surface area contributed by atoms with E-state index in [2.05, 4.69) is 11.4 Å². The Kier molecular flexibility index (Phi) is 4.00. The Balaban J connectivity index is 1.98. The van der Waals surface area contributed by atoms with Crippen LogP contribution in [0.15, 0.2) is 18.2 Å². The SMILES string of the molecule is Cc1ccc(C#N)c(OCC2CCCNC2)c1. The number of nitriles is 1. The van der Waals surface area contributed by atoms with Crippen LogP contribution in [0.1, 0.15) is 24.0 Å². The van der Waals surface area contributed by atoms with E-state index in [9.17, 15) is 0 Å². The summed E-state index contributed by atoms with van der Waals surface area (Å²) in [5, 5.41) is 12.4. The van der Waals surface area contributed by atoms with Crippen LogP contribution >= 0.6 is 0 Å². The largest absolute Gasteiger partial charge is 0.492 e. The smallest absolute Gasteiger partial charge is 0.137 e. The average molecular weight is 230 g/mol. The number of rotatable bonds is 3. The van der Waals surface area contributed by atoms with Crippen LogP contribution in [0, 0.1) is 24.2 Å². The van der Waals surface area contributed by atoms with E-state index >= 15 is 0 Å². The summed E-state index contributed by atoms with van der Waals surface area (Å²) >= 11 is 0. The lowest BCUT2D eigenvalue weighted by Crippen LogP contribution is -2.33. The van der Waals surface area contributed by atoms with Gasteiger partial charge in [0.1, 0.15) is 11.8 Å². The van der Waals surface area contributed by atoms with E-state index in [-0.39, 0.29) is 0 Å². The molecular formula is C14H18N2O. The van der Waals surface area contributed by atoms with Gasteiger partial charge < -0.3 is 10.1 Å². The monoisotopic (exact) mass is 230 g/mol. The van der Waals surface area contributed by atoms with Gasteiger partial charge in [-0.05, 0) is 44.0 Å². The number of aryl methyl sites for hydroxylation is 1. The first-order chi connectivity index (χ1) is 8.29. The molecule has 17 heavy (non-hydrogen) atoms. The van der Waals surface area contributed by atoms with Crippen molar-refractivity contribution < 1.29 is 4.74 Å². The molecule has 1 saturated heterocycles. The lowest BCUT2D eigenvalue weighted by atomic mass is 10.0. The Labute approximate surface area is 102 Å². The Morgan fingerprint density at radius 3 is 3.12 bits per heavy atom. The predicted molar refractivity (Wildman–Crippen MR) is 67.0 cm³/mol. The van der Waals surface area contributed by atoms with E-state index < -0.39 is 0 Å². The second-order valence-corrected chi connectivity index (χ2v) is 4.63. The predicted octanol–water partition coefficient (Wildman–Crippen LogP) is 2.25. The number of hydrogen-bond acceptors (Lipinski definition) is 3. The minimum Gasteiger partial charge on any atom is -0.492 e. The van der Waals surface area contributed by atoms with E-state index in [0.29, 0.717) is 18.1 Å². The molecule has 0 aliphatic carbocycles. The number of nitrogens with zero attached hydrogens (tertiary/aromatic N) is 1. The molecule has 1 unspecified atom stereocenters. The second-order valence-electron chi connectivity index (χ2n) is 4.63. The third-order valence-corrected chi connectivity index (χ3v) is 3.13. The third-order valence-electron chi connectivity index (χ3n) is 3.13. The Hall–Kier alpha value is -1.53. The lowest BCUT2D eigenvalue weighted by molar-refractivity contribution is 0.218. The van der Waals surface area contributed by atoms with Crippen LogP contribution in [-0.4, -0.2) is 19.7 Å². The molecule has 2 rings (SSSR count). The molecule has 1 fully saturated rings. The molecule has 0 spiro atoms. The van der Waals surface area contributed by atoms with Crippen LogP contribution < -0.4 is 10.1 Å². The summed E-state index contributed by atoms with van der Waals surface area (Å²) in [7, 11) is 0. The van der Waals surface area contributed by atoms with Crippen LogP contribution in [0.3, 0.4) is 0 Å². The maximum absolute atomic E-state index is 9.00. The van der Waals surface area contributed by atoms with Crippen molar-refractivity contribution in [3.63, 3.8) is 0 Å². The fraction of sp³-hybridized carbons (Fsp3) is 0.500. The first-order valence-electron chi connectivity index (χ1n) is 6.14. The molecule has 0 aromatic heterocycles. The van der Waals surface area contributed by atoms with Crippen molar-refractivity contribution in [2.45, 2.75) is 19.8 Å². The maximum Gasteiger partial charge on any atom is 0.137 e. The van der Waals surface area contributed by atoms with Gasteiger partial charge >= 0.3 is 0 Å². The zero-order valence-corrected chi connectivity index (χ0v) is 10.2. The molecule has 3 nitrogen and oxygen atoms in total. The lowest BCUT2D eigenvalue weighted by Gasteiger charge is -2.23. The molecule has 1 N–H and O–H groups in total. The first kappa shape index (κ1) is 11.9. The van der Waals surface area contributed by atoms with E-state index in [1.807, 2.05) is 25.1 Å². The van der Waals surface area contributed by atoms with Gasteiger partial charge in [-0.1, -0.05) is 6.07 Å². The van der Waals surface area contributed by atoms with Crippen molar-refractivity contribution in [1.29, 1.82) is 5.26 Å². The zero-order chi connectivity index (χ0) is 12.1. The Morgan fingerprint density at radius 2 is 2.41 bits per heavy atom. The second kappa shape index (κ2) is 5.70. The average Bonchev–Trinajstić information content (AvgIpc) is 2.38. The van der Waals surface area contributed by atoms with E-state index in [1.165, 1.54) is 12.8 Å². The number of nitrogens with one attached hydrogen (secondary N) is 1. The summed E-state index contributed by atoms with van der Waals surface area (Å²) in [5.41, 5.74) is 1.75. The number of piperidine rings is 1. The van der Waals surface area contributed by atoms with Crippen molar-refractivity contribution in [3.05, 3.63) is 29.3 Å². The molecule has 1 aromatic carbocycles. The summed E-state index contributed by atoms with van der Waals surface area (Å²) in [6.45, 7) is 4.85.